The lowest BCUT2D eigenvalue weighted by molar-refractivity contribution is 0.0167. The van der Waals surface area contributed by atoms with Gasteiger partial charge in [0.05, 0.1) is 17.5 Å². The molecule has 1 aliphatic rings. The van der Waals surface area contributed by atoms with Gasteiger partial charge in [0.1, 0.15) is 0 Å². The van der Waals surface area contributed by atoms with Crippen molar-refractivity contribution in [2.45, 2.75) is 79.2 Å². The number of likely N-dealkylation sites (tertiary alicyclic amines) is 1. The largest absolute Gasteiger partial charge is 0.333 e. The minimum atomic E-state index is -0.0653. The lowest BCUT2D eigenvalue weighted by Gasteiger charge is -2.24. The van der Waals surface area contributed by atoms with Crippen LogP contribution in [0, 0.1) is 16.7 Å². The highest BCUT2D eigenvalue weighted by Gasteiger charge is 2.24. The van der Waals surface area contributed by atoms with Gasteiger partial charge in [-0.25, -0.2) is 0 Å². The van der Waals surface area contributed by atoms with Crippen LogP contribution in [0.3, 0.4) is 0 Å². The van der Waals surface area contributed by atoms with Crippen molar-refractivity contribution in [2.75, 3.05) is 32.6 Å². The third-order valence-electron chi connectivity index (χ3n) is 4.56. The molecule has 26 heavy (non-hydrogen) atoms. The Morgan fingerprint density at radius 2 is 2.00 bits per heavy atom. The van der Waals surface area contributed by atoms with E-state index >= 15 is 0 Å². The molecule has 0 radical (unpaired) electrons. The van der Waals surface area contributed by atoms with E-state index in [1.807, 2.05) is 0 Å². The topological polar surface area (TPSA) is 74.4 Å². The summed E-state index contributed by atoms with van der Waals surface area (Å²) in [7, 11) is 1.50. The van der Waals surface area contributed by atoms with E-state index in [0.717, 1.165) is 12.5 Å². The monoisotopic (exact) mass is 390 g/mol. The van der Waals surface area contributed by atoms with Crippen molar-refractivity contribution in [1.29, 1.82) is 5.41 Å². The number of rotatable bonds is 11. The number of hydroxylamine groups is 1. The molecule has 0 aromatic rings. The average molecular weight is 391 g/mol. The maximum atomic E-state index is 7.97. The summed E-state index contributed by atoms with van der Waals surface area (Å²) >= 11 is 1.52. The zero-order chi connectivity index (χ0) is 20.0. The van der Waals surface area contributed by atoms with Crippen molar-refractivity contribution in [3.63, 3.8) is 0 Å². The van der Waals surface area contributed by atoms with E-state index < -0.39 is 0 Å². The molecule has 1 saturated heterocycles. The number of hydrogen-bond acceptors (Lipinski definition) is 6. The lowest BCUT2D eigenvalue weighted by Crippen LogP contribution is -2.36. The van der Waals surface area contributed by atoms with Gasteiger partial charge in [0.15, 0.2) is 0 Å². The molecule has 0 spiro atoms. The van der Waals surface area contributed by atoms with Crippen LogP contribution in [-0.4, -0.2) is 48.6 Å². The van der Waals surface area contributed by atoms with Crippen LogP contribution in [0.4, 0.5) is 0 Å². The van der Waals surface area contributed by atoms with Gasteiger partial charge in [-0.05, 0) is 45.3 Å². The normalized spacial score (nSPS) is 18.1. The molecule has 5 nitrogen and oxygen atoms in total. The average Bonchev–Trinajstić information content (AvgIpc) is 3.02. The van der Waals surface area contributed by atoms with Crippen LogP contribution in [0.2, 0.25) is 0 Å². The van der Waals surface area contributed by atoms with Crippen molar-refractivity contribution >= 4 is 16.8 Å². The van der Waals surface area contributed by atoms with Crippen LogP contribution in [0.5, 0.6) is 0 Å². The lowest BCUT2D eigenvalue weighted by atomic mass is 9.99. The van der Waals surface area contributed by atoms with Crippen LogP contribution in [0.25, 0.3) is 0 Å². The number of thioether (sulfide) groups is 1. The molecule has 1 unspecified atom stereocenters. The minimum Gasteiger partial charge on any atom is -0.333 e. The van der Waals surface area contributed by atoms with Crippen LogP contribution in [0.1, 0.15) is 74.6 Å². The second-order valence-electron chi connectivity index (χ2n) is 8.40. The van der Waals surface area contributed by atoms with Crippen molar-refractivity contribution in [3.8, 4) is 0 Å². The Bertz CT molecular complexity index is 364. The molecular formula is C20H46N4OS. The highest BCUT2D eigenvalue weighted by atomic mass is 32.2. The summed E-state index contributed by atoms with van der Waals surface area (Å²) in [6.07, 6.45) is 7.94. The minimum absolute atomic E-state index is 0. The first-order valence-electron chi connectivity index (χ1n) is 10.2. The second-order valence-corrected chi connectivity index (χ2v) is 9.38. The molecule has 0 saturated carbocycles. The van der Waals surface area contributed by atoms with E-state index in [4.69, 9.17) is 10.2 Å². The third-order valence-corrected chi connectivity index (χ3v) is 5.72. The quantitative estimate of drug-likeness (QED) is 0.156. The van der Waals surface area contributed by atoms with Gasteiger partial charge in [-0.3, -0.25) is 15.1 Å². The van der Waals surface area contributed by atoms with Crippen LogP contribution in [-0.2, 0) is 4.84 Å². The Labute approximate surface area is 168 Å². The molecule has 0 amide bonds. The zero-order valence-electron chi connectivity index (χ0n) is 18.1. The number of nitrogens with two attached hydrogens (primary N) is 1. The number of hydrogen-bond donors (Lipinski definition) is 3. The first-order valence-corrected chi connectivity index (χ1v) is 11.2. The SMILES string of the molecule is CC(C)CCCCCN1CCCC1CONCSC(=N)C(C)(C)C.CN.[HH]. The summed E-state index contributed by atoms with van der Waals surface area (Å²) in [4.78, 5) is 8.26. The molecule has 1 fully saturated rings. The molecule has 1 aliphatic heterocycles. The first-order chi connectivity index (χ1) is 12.3. The van der Waals surface area contributed by atoms with Gasteiger partial charge in [-0.15, -0.1) is 0 Å². The van der Waals surface area contributed by atoms with Gasteiger partial charge < -0.3 is 5.73 Å². The highest BCUT2D eigenvalue weighted by Crippen LogP contribution is 2.22. The van der Waals surface area contributed by atoms with Crippen LogP contribution >= 0.6 is 11.8 Å². The fourth-order valence-corrected chi connectivity index (χ4v) is 3.66. The van der Waals surface area contributed by atoms with Crippen LogP contribution in [0.15, 0.2) is 0 Å². The molecule has 0 aliphatic carbocycles. The maximum absolute atomic E-state index is 7.97. The smallest absolute Gasteiger partial charge is 0.0837 e. The standard InChI is InChI=1S/C19H39N3OS.CH5N.H2/c1-16(2)10-7-6-8-12-22-13-9-11-17(22)14-23-21-15-24-18(20)19(3,4)5;1-2;/h16-17,20-21H,6-15H2,1-5H3;2H2,1H3;1H. The molecule has 1 rings (SSSR count). The van der Waals surface area contributed by atoms with Crippen molar-refractivity contribution < 1.29 is 6.26 Å². The zero-order valence-corrected chi connectivity index (χ0v) is 18.9. The molecular weight excluding hydrogens is 344 g/mol. The summed E-state index contributed by atoms with van der Waals surface area (Å²) < 4.78 is 0. The van der Waals surface area contributed by atoms with Crippen LogP contribution < -0.4 is 11.2 Å². The van der Waals surface area contributed by atoms with E-state index in [1.54, 1.807) is 0 Å². The molecule has 4 N–H and O–H groups in total. The predicted octanol–water partition coefficient (Wildman–Crippen LogP) is 4.72. The van der Waals surface area contributed by atoms with Crippen molar-refractivity contribution in [1.82, 2.24) is 10.4 Å². The fraction of sp³-hybridized carbons (Fsp3) is 0.950. The van der Waals surface area contributed by atoms with Gasteiger partial charge in [0.25, 0.3) is 0 Å². The van der Waals surface area contributed by atoms with Gasteiger partial charge >= 0.3 is 0 Å². The van der Waals surface area contributed by atoms with Gasteiger partial charge in [-0.2, -0.15) is 5.48 Å². The van der Waals surface area contributed by atoms with E-state index in [0.29, 0.717) is 17.0 Å². The summed E-state index contributed by atoms with van der Waals surface area (Å²) in [6, 6.07) is 0.565. The summed E-state index contributed by atoms with van der Waals surface area (Å²) in [5.74, 6) is 1.49. The summed E-state index contributed by atoms with van der Waals surface area (Å²) in [5, 5.41) is 8.67. The van der Waals surface area contributed by atoms with Crippen molar-refractivity contribution in [3.05, 3.63) is 0 Å². The Balaban J connectivity index is 0. The summed E-state index contributed by atoms with van der Waals surface area (Å²) in [5.41, 5.74) is 7.45. The van der Waals surface area contributed by atoms with Gasteiger partial charge in [0.2, 0.25) is 0 Å². The number of nitrogens with zero attached hydrogens (tertiary/aromatic N) is 1. The van der Waals surface area contributed by atoms with E-state index in [-0.39, 0.29) is 6.84 Å². The Morgan fingerprint density at radius 3 is 2.62 bits per heavy atom. The molecule has 6 heteroatoms. The molecule has 158 valence electrons. The third kappa shape index (κ3) is 12.3. The predicted molar refractivity (Wildman–Crippen MR) is 119 cm³/mol. The molecule has 0 bridgehead atoms. The van der Waals surface area contributed by atoms with E-state index in [1.165, 1.54) is 70.4 Å². The number of unbranched alkanes of at least 4 members (excludes halogenated alkanes) is 2. The second kappa shape index (κ2) is 14.9. The number of nitrogens with one attached hydrogen (secondary N) is 2. The molecule has 1 atom stereocenters. The molecule has 0 aromatic heterocycles. The molecule has 0 aromatic carbocycles. The maximum Gasteiger partial charge on any atom is 0.0837 e. The molecule has 1 heterocycles. The Kier molecular flexibility index (Phi) is 14.8. The van der Waals surface area contributed by atoms with E-state index in [2.05, 4.69) is 50.7 Å². The van der Waals surface area contributed by atoms with Crippen molar-refractivity contribution in [2.24, 2.45) is 17.1 Å². The highest BCUT2D eigenvalue weighted by molar-refractivity contribution is 8.13. The first kappa shape index (κ1) is 25.9. The van der Waals surface area contributed by atoms with Gasteiger partial charge in [0, 0.05) is 12.9 Å². The summed E-state index contributed by atoms with van der Waals surface area (Å²) in [6.45, 7) is 14.0. The Hall–Kier alpha value is -0.140. The Morgan fingerprint density at radius 1 is 1.31 bits per heavy atom. The van der Waals surface area contributed by atoms with E-state index in [9.17, 15) is 0 Å². The fourth-order valence-electron chi connectivity index (χ4n) is 2.94. The van der Waals surface area contributed by atoms with Gasteiger partial charge in [-0.1, -0.05) is 65.6 Å².